The molecule has 1 aromatic heterocycles. The molecule has 0 fully saturated rings. The summed E-state index contributed by atoms with van der Waals surface area (Å²) in [7, 11) is 0. The summed E-state index contributed by atoms with van der Waals surface area (Å²) in [5.41, 5.74) is 6.41. The summed E-state index contributed by atoms with van der Waals surface area (Å²) in [6.07, 6.45) is 0. The van der Waals surface area contributed by atoms with Crippen molar-refractivity contribution in [3.63, 3.8) is 0 Å². The van der Waals surface area contributed by atoms with E-state index >= 15 is 0 Å². The molecule has 0 atom stereocenters. The Morgan fingerprint density at radius 2 is 2.20 bits per heavy atom. The number of anilines is 1. The summed E-state index contributed by atoms with van der Waals surface area (Å²) in [5, 5.41) is 16.5. The molecule has 0 saturated carbocycles. The van der Waals surface area contributed by atoms with Crippen LogP contribution in [0, 0.1) is 0 Å². The maximum absolute atomic E-state index is 12.1. The van der Waals surface area contributed by atoms with Crippen LogP contribution in [0.1, 0.15) is 15.2 Å². The van der Waals surface area contributed by atoms with Crippen molar-refractivity contribution in [3.8, 4) is 0 Å². The number of rotatable bonds is 3. The average Bonchev–Trinajstić information content (AvgIpc) is 2.84. The number of amidine groups is 1. The predicted molar refractivity (Wildman–Crippen MR) is 83.9 cm³/mol. The summed E-state index contributed by atoms with van der Waals surface area (Å²) in [6.45, 7) is 0. The summed E-state index contributed by atoms with van der Waals surface area (Å²) in [6, 6.07) is 6.66. The van der Waals surface area contributed by atoms with Crippen LogP contribution in [0.2, 0.25) is 5.02 Å². The van der Waals surface area contributed by atoms with Crippen LogP contribution in [0.15, 0.2) is 39.3 Å². The second-order valence-electron chi connectivity index (χ2n) is 3.73. The van der Waals surface area contributed by atoms with Crippen LogP contribution in [0.3, 0.4) is 0 Å². The Balaban J connectivity index is 2.36. The highest BCUT2D eigenvalue weighted by atomic mass is 79.9. The van der Waals surface area contributed by atoms with Gasteiger partial charge in [0, 0.05) is 10.0 Å². The highest BCUT2D eigenvalue weighted by Crippen LogP contribution is 2.26. The van der Waals surface area contributed by atoms with E-state index in [4.69, 9.17) is 22.5 Å². The number of nitrogens with two attached hydrogens (primary N) is 1. The third kappa shape index (κ3) is 3.12. The second kappa shape index (κ2) is 6.25. The number of nitrogens with one attached hydrogen (secondary N) is 1. The molecule has 104 valence electrons. The molecule has 0 bridgehead atoms. The van der Waals surface area contributed by atoms with Crippen LogP contribution in [0.4, 0.5) is 5.69 Å². The van der Waals surface area contributed by atoms with E-state index in [1.54, 1.807) is 29.6 Å². The first-order valence-electron chi connectivity index (χ1n) is 5.34. The standard InChI is InChI=1S/C12H9BrClN3O2S/c13-6-1-2-7(11(15)17-19)9(5-6)16-12(18)10-8(14)3-4-20-10/h1-5,19H,(H2,15,17)(H,16,18). The molecule has 8 heteroatoms. The summed E-state index contributed by atoms with van der Waals surface area (Å²) in [4.78, 5) is 12.5. The Labute approximate surface area is 132 Å². The van der Waals surface area contributed by atoms with Gasteiger partial charge in [0.05, 0.1) is 10.7 Å². The van der Waals surface area contributed by atoms with Crippen molar-refractivity contribution >= 4 is 56.3 Å². The fraction of sp³-hybridized carbons (Fsp3) is 0. The number of halogens is 2. The summed E-state index contributed by atoms with van der Waals surface area (Å²) < 4.78 is 0.750. The quantitative estimate of drug-likeness (QED) is 0.332. The van der Waals surface area contributed by atoms with Gasteiger partial charge in [0.15, 0.2) is 5.84 Å². The van der Waals surface area contributed by atoms with Crippen LogP contribution >= 0.6 is 38.9 Å². The van der Waals surface area contributed by atoms with Crippen LogP contribution in [-0.4, -0.2) is 17.0 Å². The molecule has 0 aliphatic carbocycles. The molecule has 4 N–H and O–H groups in total. The van der Waals surface area contributed by atoms with E-state index in [-0.39, 0.29) is 11.7 Å². The molecule has 0 radical (unpaired) electrons. The summed E-state index contributed by atoms with van der Waals surface area (Å²) in [5.74, 6) is -0.444. The number of benzene rings is 1. The maximum Gasteiger partial charge on any atom is 0.267 e. The SMILES string of the molecule is N/C(=N/O)c1ccc(Br)cc1NC(=O)c1sccc1Cl. The normalized spacial score (nSPS) is 11.4. The smallest absolute Gasteiger partial charge is 0.267 e. The van der Waals surface area contributed by atoms with Gasteiger partial charge in [-0.3, -0.25) is 4.79 Å². The predicted octanol–water partition coefficient (Wildman–Crippen LogP) is 3.51. The maximum atomic E-state index is 12.1. The third-order valence-electron chi connectivity index (χ3n) is 2.44. The average molecular weight is 375 g/mol. The van der Waals surface area contributed by atoms with Crippen LogP contribution < -0.4 is 11.1 Å². The van der Waals surface area contributed by atoms with Gasteiger partial charge in [0.1, 0.15) is 4.88 Å². The Morgan fingerprint density at radius 3 is 2.80 bits per heavy atom. The lowest BCUT2D eigenvalue weighted by molar-refractivity contribution is 0.103. The van der Waals surface area contributed by atoms with Crippen LogP contribution in [0.5, 0.6) is 0 Å². The van der Waals surface area contributed by atoms with Crippen molar-refractivity contribution in [1.82, 2.24) is 0 Å². The van der Waals surface area contributed by atoms with Gasteiger partial charge >= 0.3 is 0 Å². The molecule has 1 aromatic carbocycles. The number of amides is 1. The molecule has 0 aliphatic rings. The Hall–Kier alpha value is -1.57. The molecule has 1 heterocycles. The minimum absolute atomic E-state index is 0.0925. The number of oxime groups is 1. The van der Waals surface area contributed by atoms with Gasteiger partial charge in [-0.1, -0.05) is 32.7 Å². The first-order chi connectivity index (χ1) is 9.52. The van der Waals surface area contributed by atoms with Gasteiger partial charge in [0.25, 0.3) is 5.91 Å². The van der Waals surface area contributed by atoms with Gasteiger partial charge in [0.2, 0.25) is 0 Å². The highest BCUT2D eigenvalue weighted by Gasteiger charge is 2.15. The molecule has 0 spiro atoms. The number of thiophene rings is 1. The van der Waals surface area contributed by atoms with Gasteiger partial charge in [-0.15, -0.1) is 11.3 Å². The zero-order valence-corrected chi connectivity index (χ0v) is 13.1. The number of hydrogen-bond acceptors (Lipinski definition) is 4. The molecule has 5 nitrogen and oxygen atoms in total. The largest absolute Gasteiger partial charge is 0.409 e. The lowest BCUT2D eigenvalue weighted by Gasteiger charge is -2.10. The van der Waals surface area contributed by atoms with E-state index in [9.17, 15) is 4.79 Å². The van der Waals surface area contributed by atoms with E-state index in [0.29, 0.717) is 21.2 Å². The van der Waals surface area contributed by atoms with Crippen LogP contribution in [-0.2, 0) is 0 Å². The van der Waals surface area contributed by atoms with Gasteiger partial charge in [-0.2, -0.15) is 0 Å². The molecule has 2 rings (SSSR count). The van der Waals surface area contributed by atoms with Crippen molar-refractivity contribution in [2.24, 2.45) is 10.9 Å². The zero-order chi connectivity index (χ0) is 14.7. The molecular weight excluding hydrogens is 366 g/mol. The van der Waals surface area contributed by atoms with E-state index < -0.39 is 0 Å². The molecule has 2 aromatic rings. The number of hydrogen-bond donors (Lipinski definition) is 3. The van der Waals surface area contributed by atoms with Crippen molar-refractivity contribution in [2.45, 2.75) is 0 Å². The van der Waals surface area contributed by atoms with Crippen LogP contribution in [0.25, 0.3) is 0 Å². The van der Waals surface area contributed by atoms with E-state index in [1.165, 1.54) is 11.3 Å². The molecule has 20 heavy (non-hydrogen) atoms. The fourth-order valence-corrected chi connectivity index (χ4v) is 2.93. The van der Waals surface area contributed by atoms with Gasteiger partial charge in [-0.05, 0) is 29.6 Å². The first kappa shape index (κ1) is 14.8. The molecule has 0 aliphatic heterocycles. The topological polar surface area (TPSA) is 87.7 Å². The molecule has 1 amide bonds. The molecule has 0 saturated heterocycles. The molecule has 0 unspecified atom stereocenters. The van der Waals surface area contributed by atoms with Gasteiger partial charge in [-0.25, -0.2) is 0 Å². The summed E-state index contributed by atoms with van der Waals surface area (Å²) >= 11 is 10.5. The number of nitrogens with zero attached hydrogens (tertiary/aromatic N) is 1. The highest BCUT2D eigenvalue weighted by molar-refractivity contribution is 9.10. The minimum Gasteiger partial charge on any atom is -0.409 e. The number of carbonyl (C=O) groups excluding carboxylic acids is 1. The molecular formula is C12H9BrClN3O2S. The van der Waals surface area contributed by atoms with Crippen molar-refractivity contribution in [1.29, 1.82) is 0 Å². The van der Waals surface area contributed by atoms with E-state index in [2.05, 4.69) is 26.4 Å². The zero-order valence-electron chi connectivity index (χ0n) is 9.93. The first-order valence-corrected chi connectivity index (χ1v) is 7.39. The van der Waals surface area contributed by atoms with E-state index in [1.807, 2.05) is 0 Å². The Bertz CT molecular complexity index is 687. The fourth-order valence-electron chi connectivity index (χ4n) is 1.53. The van der Waals surface area contributed by atoms with Crippen molar-refractivity contribution in [2.75, 3.05) is 5.32 Å². The monoisotopic (exact) mass is 373 g/mol. The van der Waals surface area contributed by atoms with Crippen molar-refractivity contribution < 1.29 is 10.0 Å². The third-order valence-corrected chi connectivity index (χ3v) is 4.27. The lowest BCUT2D eigenvalue weighted by atomic mass is 10.1. The lowest BCUT2D eigenvalue weighted by Crippen LogP contribution is -2.18. The number of carbonyl (C=O) groups is 1. The Kier molecular flexibility index (Phi) is 4.64. The minimum atomic E-state index is -0.352. The second-order valence-corrected chi connectivity index (χ2v) is 5.97. The van der Waals surface area contributed by atoms with Crippen molar-refractivity contribution in [3.05, 3.63) is 49.6 Å². The van der Waals surface area contributed by atoms with E-state index in [0.717, 1.165) is 4.47 Å². The van der Waals surface area contributed by atoms with Gasteiger partial charge < -0.3 is 16.3 Å². The Morgan fingerprint density at radius 1 is 1.45 bits per heavy atom.